The number of aromatic nitrogens is 2. The number of aromatic hydroxyl groups is 1. The number of rotatable bonds is 7. The summed E-state index contributed by atoms with van der Waals surface area (Å²) in [6.07, 6.45) is 4.35. The van der Waals surface area contributed by atoms with Gasteiger partial charge in [0.2, 0.25) is 11.6 Å². The molecule has 7 heteroatoms. The number of H-pyrrole nitrogens is 2. The molecule has 0 spiro atoms. The highest BCUT2D eigenvalue weighted by molar-refractivity contribution is 6.50. The third-order valence-corrected chi connectivity index (χ3v) is 5.76. The lowest BCUT2D eigenvalue weighted by molar-refractivity contribution is -0.110. The van der Waals surface area contributed by atoms with Crippen molar-refractivity contribution in [3.8, 4) is 17.1 Å². The molecule has 7 nitrogen and oxygen atoms in total. The van der Waals surface area contributed by atoms with Crippen LogP contribution in [-0.2, 0) is 17.6 Å². The standard InChI is InChI=1S/C24H28N4O3/c1-27(2)12-10-14-20-16(6-5-7-18(20)29)25-22(14)23-15(11-13-28(3)4)21-17(26-23)8-9-19(30)24(21)31/h5-9,25-26,29H,10-13H2,1-4H3. The fourth-order valence-electron chi connectivity index (χ4n) is 4.20. The van der Waals surface area contributed by atoms with Crippen molar-refractivity contribution in [2.45, 2.75) is 12.8 Å². The second-order valence-corrected chi connectivity index (χ2v) is 8.58. The van der Waals surface area contributed by atoms with E-state index < -0.39 is 11.6 Å². The Kier molecular flexibility index (Phi) is 5.56. The van der Waals surface area contributed by atoms with E-state index in [9.17, 15) is 14.7 Å². The minimum atomic E-state index is -0.494. The molecule has 1 aromatic carbocycles. The molecular weight excluding hydrogens is 392 g/mol. The van der Waals surface area contributed by atoms with Crippen LogP contribution < -0.4 is 0 Å². The lowest BCUT2D eigenvalue weighted by atomic mass is 9.93. The lowest BCUT2D eigenvalue weighted by Gasteiger charge is -2.14. The van der Waals surface area contributed by atoms with Crippen LogP contribution in [0.2, 0.25) is 0 Å². The van der Waals surface area contributed by atoms with Crippen LogP contribution >= 0.6 is 0 Å². The Morgan fingerprint density at radius 2 is 1.52 bits per heavy atom. The Balaban J connectivity index is 1.95. The van der Waals surface area contributed by atoms with Gasteiger partial charge in [-0.2, -0.15) is 0 Å². The van der Waals surface area contributed by atoms with E-state index in [0.717, 1.165) is 52.9 Å². The molecule has 3 N–H and O–H groups in total. The van der Waals surface area contributed by atoms with Crippen molar-refractivity contribution in [3.05, 3.63) is 46.7 Å². The summed E-state index contributed by atoms with van der Waals surface area (Å²) in [5, 5.41) is 11.4. The molecule has 2 aromatic heterocycles. The number of benzene rings is 1. The number of ketones is 2. The smallest absolute Gasteiger partial charge is 0.235 e. The number of hydrogen-bond donors (Lipinski definition) is 3. The van der Waals surface area contributed by atoms with E-state index in [-0.39, 0.29) is 5.75 Å². The number of carbonyl (C=O) groups excluding carboxylic acids is 2. The van der Waals surface area contributed by atoms with Crippen molar-refractivity contribution >= 4 is 28.5 Å². The molecule has 0 saturated carbocycles. The molecule has 0 saturated heterocycles. The van der Waals surface area contributed by atoms with E-state index in [1.165, 1.54) is 6.08 Å². The van der Waals surface area contributed by atoms with Gasteiger partial charge in [0.15, 0.2) is 0 Å². The van der Waals surface area contributed by atoms with Crippen molar-refractivity contribution in [2.24, 2.45) is 0 Å². The monoisotopic (exact) mass is 420 g/mol. The molecule has 2 heterocycles. The highest BCUT2D eigenvalue weighted by atomic mass is 16.3. The molecule has 1 aliphatic carbocycles. The predicted molar refractivity (Wildman–Crippen MR) is 123 cm³/mol. The van der Waals surface area contributed by atoms with Gasteiger partial charge in [0.05, 0.1) is 22.6 Å². The summed E-state index contributed by atoms with van der Waals surface area (Å²) < 4.78 is 0. The third-order valence-electron chi connectivity index (χ3n) is 5.76. The molecule has 0 aliphatic heterocycles. The Hall–Kier alpha value is -3.16. The molecular formula is C24H28N4O3. The van der Waals surface area contributed by atoms with E-state index in [1.807, 2.05) is 40.3 Å². The van der Waals surface area contributed by atoms with Crippen molar-refractivity contribution in [2.75, 3.05) is 41.3 Å². The molecule has 0 atom stereocenters. The fraction of sp³-hybridized carbons (Fsp3) is 0.333. The van der Waals surface area contributed by atoms with E-state index in [4.69, 9.17) is 0 Å². The zero-order chi connectivity index (χ0) is 22.3. The lowest BCUT2D eigenvalue weighted by Crippen LogP contribution is -2.20. The molecule has 1 aliphatic rings. The Labute approximate surface area is 181 Å². The summed E-state index contributed by atoms with van der Waals surface area (Å²) in [5.41, 5.74) is 5.46. The number of allylic oxidation sites excluding steroid dienone is 1. The average molecular weight is 421 g/mol. The van der Waals surface area contributed by atoms with Crippen molar-refractivity contribution in [1.29, 1.82) is 0 Å². The van der Waals surface area contributed by atoms with Gasteiger partial charge in [-0.1, -0.05) is 6.07 Å². The quantitative estimate of drug-likeness (QED) is 0.511. The zero-order valence-electron chi connectivity index (χ0n) is 18.4. The van der Waals surface area contributed by atoms with Gasteiger partial charge in [-0.15, -0.1) is 0 Å². The summed E-state index contributed by atoms with van der Waals surface area (Å²) in [4.78, 5) is 35.9. The summed E-state index contributed by atoms with van der Waals surface area (Å²) >= 11 is 0. The summed E-state index contributed by atoms with van der Waals surface area (Å²) in [5.74, 6) is -0.736. The predicted octanol–water partition coefficient (Wildman–Crippen LogP) is 2.86. The average Bonchev–Trinajstić information content (AvgIpc) is 3.26. The minimum absolute atomic E-state index is 0.228. The fourth-order valence-corrected chi connectivity index (χ4v) is 4.20. The molecule has 0 bridgehead atoms. The number of nitrogens with one attached hydrogen (secondary N) is 2. The number of fused-ring (bicyclic) bond motifs is 2. The Morgan fingerprint density at radius 1 is 0.871 bits per heavy atom. The number of hydrogen-bond acceptors (Lipinski definition) is 5. The molecule has 31 heavy (non-hydrogen) atoms. The zero-order valence-corrected chi connectivity index (χ0v) is 18.4. The second-order valence-electron chi connectivity index (χ2n) is 8.58. The van der Waals surface area contributed by atoms with Gasteiger partial charge in [0.1, 0.15) is 5.75 Å². The molecule has 4 rings (SSSR count). The topological polar surface area (TPSA) is 92.4 Å². The number of aromatic amines is 2. The van der Waals surface area contributed by atoms with Crippen molar-refractivity contribution in [1.82, 2.24) is 19.8 Å². The first-order chi connectivity index (χ1) is 14.8. The third kappa shape index (κ3) is 3.82. The van der Waals surface area contributed by atoms with Gasteiger partial charge >= 0.3 is 0 Å². The van der Waals surface area contributed by atoms with Gasteiger partial charge in [-0.25, -0.2) is 0 Å². The number of likely N-dealkylation sites (N-methyl/N-ethyl adjacent to an activating group) is 2. The van der Waals surface area contributed by atoms with Crippen LogP contribution in [0.3, 0.4) is 0 Å². The van der Waals surface area contributed by atoms with Gasteiger partial charge < -0.3 is 24.9 Å². The first kappa shape index (κ1) is 21.1. The Bertz CT molecular complexity index is 1200. The van der Waals surface area contributed by atoms with E-state index in [1.54, 1.807) is 12.1 Å². The van der Waals surface area contributed by atoms with Gasteiger partial charge in [0.25, 0.3) is 0 Å². The molecule has 162 valence electrons. The van der Waals surface area contributed by atoms with E-state index in [0.29, 0.717) is 17.7 Å². The largest absolute Gasteiger partial charge is 0.507 e. The Morgan fingerprint density at radius 3 is 2.19 bits per heavy atom. The van der Waals surface area contributed by atoms with E-state index in [2.05, 4.69) is 19.8 Å². The highest BCUT2D eigenvalue weighted by Gasteiger charge is 2.30. The molecule has 3 aromatic rings. The van der Waals surface area contributed by atoms with Gasteiger partial charge in [-0.3, -0.25) is 9.59 Å². The maximum absolute atomic E-state index is 12.8. The SMILES string of the molecule is CN(C)CCc1c(-c2[nH]c3cccc(O)c3c2CCN(C)C)[nH]c2c1C(=O)C(=O)C=C2. The normalized spacial score (nSPS) is 13.7. The molecule has 0 amide bonds. The molecule has 0 unspecified atom stereocenters. The summed E-state index contributed by atoms with van der Waals surface area (Å²) in [7, 11) is 7.99. The first-order valence-electron chi connectivity index (χ1n) is 10.4. The van der Waals surface area contributed by atoms with Crippen molar-refractivity contribution < 1.29 is 14.7 Å². The number of phenolic OH excluding ortho intramolecular Hbond substituents is 1. The number of nitrogens with zero attached hydrogens (tertiary/aromatic N) is 2. The minimum Gasteiger partial charge on any atom is -0.507 e. The number of phenols is 1. The van der Waals surface area contributed by atoms with E-state index >= 15 is 0 Å². The van der Waals surface area contributed by atoms with Crippen LogP contribution in [0.1, 0.15) is 27.2 Å². The van der Waals surface area contributed by atoms with Crippen LogP contribution in [0, 0.1) is 0 Å². The van der Waals surface area contributed by atoms with Crippen LogP contribution in [0.25, 0.3) is 28.4 Å². The maximum atomic E-state index is 12.8. The maximum Gasteiger partial charge on any atom is 0.235 e. The highest BCUT2D eigenvalue weighted by Crippen LogP contribution is 2.39. The number of Topliss-reactive ketones (excluding diaryl/α,β-unsaturated/α-hetero) is 1. The van der Waals surface area contributed by atoms with Crippen LogP contribution in [0.4, 0.5) is 0 Å². The van der Waals surface area contributed by atoms with Crippen LogP contribution in [0.15, 0.2) is 24.3 Å². The van der Waals surface area contributed by atoms with Crippen molar-refractivity contribution in [3.63, 3.8) is 0 Å². The summed E-state index contributed by atoms with van der Waals surface area (Å²) in [6, 6.07) is 5.44. The van der Waals surface area contributed by atoms with Gasteiger partial charge in [-0.05, 0) is 76.4 Å². The summed E-state index contributed by atoms with van der Waals surface area (Å²) in [6.45, 7) is 1.54. The van der Waals surface area contributed by atoms with Gasteiger partial charge in [0, 0.05) is 24.0 Å². The molecule has 0 radical (unpaired) electrons. The second kappa shape index (κ2) is 8.17. The first-order valence-corrected chi connectivity index (χ1v) is 10.4. The number of carbonyl (C=O) groups is 2. The van der Waals surface area contributed by atoms with Crippen LogP contribution in [0.5, 0.6) is 5.75 Å². The molecule has 0 fully saturated rings. The van der Waals surface area contributed by atoms with Crippen LogP contribution in [-0.4, -0.2) is 77.7 Å².